The fraction of sp³-hybridized carbons (Fsp3) is 0.667. The highest BCUT2D eigenvalue weighted by molar-refractivity contribution is 5.74. The number of nitrogens with one attached hydrogen (secondary N) is 1. The van der Waals surface area contributed by atoms with Crippen LogP contribution >= 0.6 is 0 Å². The van der Waals surface area contributed by atoms with E-state index in [1.165, 1.54) is 0 Å². The molecule has 25 heavy (non-hydrogen) atoms. The molecule has 2 fully saturated rings. The molecule has 0 aliphatic carbocycles. The minimum absolute atomic E-state index is 0.0319. The van der Waals surface area contributed by atoms with Gasteiger partial charge in [0.2, 0.25) is 0 Å². The summed E-state index contributed by atoms with van der Waals surface area (Å²) in [7, 11) is 0. The van der Waals surface area contributed by atoms with Gasteiger partial charge in [0.1, 0.15) is 5.82 Å². The first-order valence-corrected chi connectivity index (χ1v) is 9.22. The molecule has 3 rings (SSSR count). The van der Waals surface area contributed by atoms with Crippen LogP contribution in [0.4, 0.5) is 10.6 Å². The van der Waals surface area contributed by atoms with Crippen LogP contribution in [-0.2, 0) is 11.3 Å². The van der Waals surface area contributed by atoms with Crippen molar-refractivity contribution >= 4 is 11.8 Å². The smallest absolute Gasteiger partial charge is 0.318 e. The summed E-state index contributed by atoms with van der Waals surface area (Å²) in [6, 6.07) is 4.20. The Morgan fingerprint density at radius 3 is 2.72 bits per heavy atom. The van der Waals surface area contributed by atoms with Gasteiger partial charge >= 0.3 is 6.03 Å². The number of anilines is 1. The Morgan fingerprint density at radius 2 is 2.08 bits per heavy atom. The maximum Gasteiger partial charge on any atom is 0.318 e. The lowest BCUT2D eigenvalue weighted by atomic mass is 10.2. The molecule has 2 aliphatic rings. The van der Waals surface area contributed by atoms with Crippen molar-refractivity contribution in [2.24, 2.45) is 0 Å². The second kappa shape index (κ2) is 8.49. The van der Waals surface area contributed by atoms with Crippen molar-refractivity contribution in [3.63, 3.8) is 0 Å². The summed E-state index contributed by atoms with van der Waals surface area (Å²) >= 11 is 0. The van der Waals surface area contributed by atoms with E-state index in [0.29, 0.717) is 26.3 Å². The molecule has 2 aliphatic heterocycles. The summed E-state index contributed by atoms with van der Waals surface area (Å²) in [5, 5.41) is 2.98. The van der Waals surface area contributed by atoms with Gasteiger partial charge in [-0.05, 0) is 25.1 Å². The predicted molar refractivity (Wildman–Crippen MR) is 97.8 cm³/mol. The van der Waals surface area contributed by atoms with Crippen molar-refractivity contribution in [1.82, 2.24) is 20.1 Å². The molecular formula is C18H29N5O2. The summed E-state index contributed by atoms with van der Waals surface area (Å²) in [6.07, 6.45) is 1.87. The first-order valence-electron chi connectivity index (χ1n) is 9.22. The summed E-state index contributed by atoms with van der Waals surface area (Å²) in [4.78, 5) is 23.5. The topological polar surface area (TPSA) is 60.9 Å². The molecule has 1 N–H and O–H groups in total. The molecule has 0 bridgehead atoms. The second-order valence-corrected chi connectivity index (χ2v) is 6.72. The number of pyridine rings is 1. The normalized spacial score (nSPS) is 22.1. The van der Waals surface area contributed by atoms with Crippen molar-refractivity contribution < 1.29 is 9.53 Å². The number of nitrogens with zero attached hydrogens (tertiary/aromatic N) is 4. The minimum atomic E-state index is -0.0319. The predicted octanol–water partition coefficient (Wildman–Crippen LogP) is 1.15. The molecule has 0 spiro atoms. The third-order valence-electron chi connectivity index (χ3n) is 5.02. The fourth-order valence-electron chi connectivity index (χ4n) is 3.31. The van der Waals surface area contributed by atoms with Gasteiger partial charge in [0.15, 0.2) is 0 Å². The van der Waals surface area contributed by atoms with E-state index in [2.05, 4.69) is 39.2 Å². The van der Waals surface area contributed by atoms with E-state index in [4.69, 9.17) is 4.74 Å². The third-order valence-corrected chi connectivity index (χ3v) is 5.02. The molecule has 3 heterocycles. The van der Waals surface area contributed by atoms with Crippen LogP contribution < -0.4 is 10.2 Å². The number of carbonyl (C=O) groups is 1. The van der Waals surface area contributed by atoms with E-state index >= 15 is 0 Å². The average Bonchev–Trinajstić information content (AvgIpc) is 2.67. The van der Waals surface area contributed by atoms with E-state index in [0.717, 1.165) is 44.1 Å². The van der Waals surface area contributed by atoms with Gasteiger partial charge < -0.3 is 24.8 Å². The summed E-state index contributed by atoms with van der Waals surface area (Å²) in [5.41, 5.74) is 1.02. The lowest BCUT2D eigenvalue weighted by Crippen LogP contribution is -2.51. The highest BCUT2D eigenvalue weighted by Crippen LogP contribution is 2.14. The number of piperazine rings is 1. The SMILES string of the molecule is CCN1CCN(c2ccc(CNC(=O)N3CCOC[C@H]3C)cn2)CC1. The zero-order chi connectivity index (χ0) is 17.6. The van der Waals surface area contributed by atoms with Crippen LogP contribution in [0.25, 0.3) is 0 Å². The first-order chi connectivity index (χ1) is 12.2. The van der Waals surface area contributed by atoms with Gasteiger partial charge in [-0.2, -0.15) is 0 Å². The number of hydrogen-bond acceptors (Lipinski definition) is 5. The van der Waals surface area contributed by atoms with E-state index in [-0.39, 0.29) is 12.1 Å². The molecule has 1 atom stereocenters. The number of likely N-dealkylation sites (N-methyl/N-ethyl adjacent to an activating group) is 1. The van der Waals surface area contributed by atoms with Gasteiger partial charge in [0.25, 0.3) is 0 Å². The van der Waals surface area contributed by atoms with Crippen molar-refractivity contribution in [2.75, 3.05) is 57.4 Å². The number of morpholine rings is 1. The van der Waals surface area contributed by atoms with Gasteiger partial charge in [-0.3, -0.25) is 0 Å². The van der Waals surface area contributed by atoms with E-state index < -0.39 is 0 Å². The van der Waals surface area contributed by atoms with Crippen molar-refractivity contribution in [2.45, 2.75) is 26.4 Å². The molecule has 138 valence electrons. The van der Waals surface area contributed by atoms with Gasteiger partial charge in [-0.1, -0.05) is 13.0 Å². The van der Waals surface area contributed by atoms with Crippen LogP contribution in [-0.4, -0.2) is 79.3 Å². The molecule has 2 saturated heterocycles. The summed E-state index contributed by atoms with van der Waals surface area (Å²) in [5.74, 6) is 1.02. The van der Waals surface area contributed by atoms with Crippen molar-refractivity contribution in [1.29, 1.82) is 0 Å². The Morgan fingerprint density at radius 1 is 1.28 bits per heavy atom. The zero-order valence-electron chi connectivity index (χ0n) is 15.3. The van der Waals surface area contributed by atoms with E-state index in [1.54, 1.807) is 0 Å². The van der Waals surface area contributed by atoms with Gasteiger partial charge in [-0.25, -0.2) is 9.78 Å². The van der Waals surface area contributed by atoms with Gasteiger partial charge in [-0.15, -0.1) is 0 Å². The number of carbonyl (C=O) groups excluding carboxylic acids is 1. The van der Waals surface area contributed by atoms with Crippen LogP contribution in [0, 0.1) is 0 Å². The Hall–Kier alpha value is -1.86. The molecule has 0 aromatic carbocycles. The standard InChI is InChI=1S/C18H29N5O2/c1-3-21-6-8-22(9-7-21)17-5-4-16(12-19-17)13-20-18(24)23-10-11-25-14-15(23)2/h4-5,12,15H,3,6-11,13-14H2,1-2H3,(H,20,24)/t15-/m1/s1. The maximum absolute atomic E-state index is 12.3. The molecule has 2 amide bonds. The van der Waals surface area contributed by atoms with Crippen LogP contribution in [0.3, 0.4) is 0 Å². The minimum Gasteiger partial charge on any atom is -0.377 e. The average molecular weight is 347 g/mol. The molecule has 7 heteroatoms. The lowest BCUT2D eigenvalue weighted by molar-refractivity contribution is 0.0190. The van der Waals surface area contributed by atoms with Crippen LogP contribution in [0.2, 0.25) is 0 Å². The van der Waals surface area contributed by atoms with Crippen LogP contribution in [0.15, 0.2) is 18.3 Å². The van der Waals surface area contributed by atoms with Crippen molar-refractivity contribution in [3.8, 4) is 0 Å². The first kappa shape index (κ1) is 17.9. The Balaban J connectivity index is 1.48. The fourth-order valence-corrected chi connectivity index (χ4v) is 3.31. The van der Waals surface area contributed by atoms with Crippen LogP contribution in [0.5, 0.6) is 0 Å². The Bertz CT molecular complexity index is 557. The summed E-state index contributed by atoms with van der Waals surface area (Å²) in [6.45, 7) is 11.9. The Labute approximate surface area is 149 Å². The quantitative estimate of drug-likeness (QED) is 0.885. The monoisotopic (exact) mass is 347 g/mol. The zero-order valence-corrected chi connectivity index (χ0v) is 15.3. The van der Waals surface area contributed by atoms with Gasteiger partial charge in [0.05, 0.1) is 19.3 Å². The molecule has 1 aromatic rings. The number of ether oxygens (including phenoxy) is 1. The van der Waals surface area contributed by atoms with Crippen molar-refractivity contribution in [3.05, 3.63) is 23.9 Å². The molecule has 0 saturated carbocycles. The van der Waals surface area contributed by atoms with E-state index in [1.807, 2.05) is 18.0 Å². The van der Waals surface area contributed by atoms with Crippen LogP contribution in [0.1, 0.15) is 19.4 Å². The number of amides is 2. The molecule has 0 radical (unpaired) electrons. The Kier molecular flexibility index (Phi) is 6.09. The molecule has 1 aromatic heterocycles. The maximum atomic E-state index is 12.3. The summed E-state index contributed by atoms with van der Waals surface area (Å²) < 4.78 is 5.37. The molecular weight excluding hydrogens is 318 g/mol. The number of aromatic nitrogens is 1. The highest BCUT2D eigenvalue weighted by atomic mass is 16.5. The highest BCUT2D eigenvalue weighted by Gasteiger charge is 2.23. The van der Waals surface area contributed by atoms with Gasteiger partial charge in [0, 0.05) is 45.5 Å². The number of urea groups is 1. The van der Waals surface area contributed by atoms with E-state index in [9.17, 15) is 4.79 Å². The molecule has 0 unspecified atom stereocenters. The largest absolute Gasteiger partial charge is 0.377 e. The number of rotatable bonds is 4. The third kappa shape index (κ3) is 4.61. The molecule has 7 nitrogen and oxygen atoms in total. The lowest BCUT2D eigenvalue weighted by Gasteiger charge is -2.34. The second-order valence-electron chi connectivity index (χ2n) is 6.72. The number of hydrogen-bond donors (Lipinski definition) is 1.